The van der Waals surface area contributed by atoms with Gasteiger partial charge in [-0.05, 0) is 24.1 Å². The van der Waals surface area contributed by atoms with Crippen molar-refractivity contribution in [3.63, 3.8) is 0 Å². The summed E-state index contributed by atoms with van der Waals surface area (Å²) in [6.07, 6.45) is 0.402. The molecule has 2 nitrogen and oxygen atoms in total. The first kappa shape index (κ1) is 10.2. The van der Waals surface area contributed by atoms with Gasteiger partial charge in [0.1, 0.15) is 18.8 Å². The van der Waals surface area contributed by atoms with Crippen LogP contribution in [0.3, 0.4) is 0 Å². The van der Waals surface area contributed by atoms with E-state index in [-0.39, 0.29) is 18.6 Å². The van der Waals surface area contributed by atoms with E-state index in [1.54, 1.807) is 6.92 Å². The third-order valence-electron chi connectivity index (χ3n) is 2.10. The second-order valence-electron chi connectivity index (χ2n) is 3.35. The molecule has 4 heteroatoms. The summed E-state index contributed by atoms with van der Waals surface area (Å²) in [5.74, 6) is -1.51. The number of Topliss-reactive ketones (excluding diaryl/α,β-unsaturated/α-hetero) is 1. The van der Waals surface area contributed by atoms with Crippen LogP contribution >= 0.6 is 0 Å². The van der Waals surface area contributed by atoms with Crippen molar-refractivity contribution in [2.75, 3.05) is 0 Å². The molecule has 0 spiro atoms. The number of halogens is 2. The molecule has 0 saturated heterocycles. The highest BCUT2D eigenvalue weighted by Crippen LogP contribution is 2.10. The Labute approximate surface area is 88.6 Å². The van der Waals surface area contributed by atoms with Gasteiger partial charge >= 0.3 is 0 Å². The number of carbonyl (C=O) groups excluding carboxylic acids is 1. The van der Waals surface area contributed by atoms with Gasteiger partial charge in [-0.2, -0.15) is 0 Å². The average molecular weight is 215 g/mol. The second-order valence-corrected chi connectivity index (χ2v) is 3.35. The molecule has 0 unspecified atom stereocenters. The highest BCUT2D eigenvalue weighted by atomic mass is 19.1. The highest BCUT2D eigenvalue weighted by Gasteiger charge is 2.12. The first-order chi connectivity index (χ1) is 7.56. The number of benzene rings is 1. The van der Waals surface area contributed by atoms with Gasteiger partial charge in [-0.25, -0.2) is 8.78 Å². The normalized spacial score (nSPS) is 13.4. The number of hydrogen-bond acceptors (Lipinski definition) is 2. The Balaban J connectivity index is 2.81. The monoisotopic (exact) mass is 215 g/mol. The minimum atomic E-state index is -0.716. The zero-order chi connectivity index (χ0) is 12.1. The van der Waals surface area contributed by atoms with E-state index in [9.17, 15) is 13.6 Å². The quantitative estimate of drug-likeness (QED) is 0.814. The zero-order valence-electron chi connectivity index (χ0n) is 9.39. The van der Waals surface area contributed by atoms with Crippen molar-refractivity contribution in [1.29, 1.82) is 0 Å². The highest BCUT2D eigenvalue weighted by molar-refractivity contribution is 5.83. The maximum absolute atomic E-state index is 12.9. The van der Waals surface area contributed by atoms with Crippen LogP contribution in [0.2, 0.25) is 1.41 Å². The number of ketones is 1. The summed E-state index contributed by atoms with van der Waals surface area (Å²) in [7, 11) is 0. The Hall–Kier alpha value is -1.29. The molecule has 82 valence electrons. The third-order valence-corrected chi connectivity index (χ3v) is 2.10. The molecule has 1 rings (SSSR count). The van der Waals surface area contributed by atoms with Crippen molar-refractivity contribution < 1.29 is 15.0 Å². The molecule has 0 radical (unpaired) electrons. The van der Waals surface area contributed by atoms with Crippen LogP contribution in [-0.2, 0) is 11.2 Å². The largest absolute Gasteiger partial charge is 0.321 e. The van der Waals surface area contributed by atoms with Gasteiger partial charge < -0.3 is 5.73 Å². The van der Waals surface area contributed by atoms with E-state index in [0.717, 1.165) is 18.2 Å². The maximum Gasteiger partial charge on any atom is 0.149 e. The Morgan fingerprint density at radius 2 is 2.07 bits per heavy atom. The van der Waals surface area contributed by atoms with Crippen molar-refractivity contribution in [3.8, 4) is 0 Å². The van der Waals surface area contributed by atoms with Gasteiger partial charge in [0.15, 0.2) is 0 Å². The van der Waals surface area contributed by atoms with Crippen LogP contribution in [-0.4, -0.2) is 11.8 Å². The lowest BCUT2D eigenvalue weighted by molar-refractivity contribution is -0.119. The van der Waals surface area contributed by atoms with Crippen LogP contribution in [0.4, 0.5) is 8.78 Å². The van der Waals surface area contributed by atoms with E-state index in [2.05, 4.69) is 5.73 Å². The van der Waals surface area contributed by atoms with E-state index in [1.165, 1.54) is 0 Å². The summed E-state index contributed by atoms with van der Waals surface area (Å²) in [4.78, 5) is 11.3. The topological polar surface area (TPSA) is 43.1 Å². The van der Waals surface area contributed by atoms with Crippen molar-refractivity contribution in [1.82, 2.24) is 0 Å². The van der Waals surface area contributed by atoms with Gasteiger partial charge in [-0.1, -0.05) is 6.92 Å². The Morgan fingerprint density at radius 1 is 1.47 bits per heavy atom. The predicted octanol–water partition coefficient (Wildman–Crippen LogP) is 1.81. The predicted molar refractivity (Wildman–Crippen MR) is 53.3 cm³/mol. The van der Waals surface area contributed by atoms with Gasteiger partial charge in [-0.15, -0.1) is 0 Å². The molecule has 15 heavy (non-hydrogen) atoms. The molecule has 1 atom stereocenters. The smallest absolute Gasteiger partial charge is 0.149 e. The maximum atomic E-state index is 12.9. The fraction of sp³-hybridized carbons (Fsp3) is 0.364. The molecule has 0 saturated carbocycles. The molecule has 0 bridgehead atoms. The lowest BCUT2D eigenvalue weighted by atomic mass is 10.0. The summed E-state index contributed by atoms with van der Waals surface area (Å²) >= 11 is 0. The van der Waals surface area contributed by atoms with Gasteiger partial charge in [0, 0.05) is 12.5 Å². The molecule has 0 aliphatic carbocycles. The van der Waals surface area contributed by atoms with Crippen LogP contribution in [0.5, 0.6) is 0 Å². The van der Waals surface area contributed by atoms with Crippen molar-refractivity contribution in [3.05, 3.63) is 35.4 Å². The van der Waals surface area contributed by atoms with Crippen molar-refractivity contribution >= 4 is 5.78 Å². The fourth-order valence-electron chi connectivity index (χ4n) is 1.32. The SMILES string of the molecule is [3H]N[C@@H](Cc1cc(F)cc(F)c1)C(=O)CC. The van der Waals surface area contributed by atoms with Gasteiger partial charge in [0.25, 0.3) is 0 Å². The standard InChI is InChI=1S/C11H13F2NO/c1-2-11(15)10(14)5-7-3-8(12)6-9(13)4-7/h3-4,6,10H,2,5,14H2,1H3/t10-/m0/s1/i/hT. The Kier molecular flexibility index (Phi) is 3.40. The molecule has 0 aliphatic heterocycles. The van der Waals surface area contributed by atoms with Gasteiger partial charge in [0.2, 0.25) is 0 Å². The summed E-state index contributed by atoms with van der Waals surface area (Å²) in [5, 5.41) is 0. The van der Waals surface area contributed by atoms with Crippen LogP contribution in [0.25, 0.3) is 0 Å². The molecular weight excluding hydrogens is 200 g/mol. The number of rotatable bonds is 5. The van der Waals surface area contributed by atoms with Crippen LogP contribution < -0.4 is 5.73 Å². The molecule has 1 aromatic rings. The molecule has 1 aromatic carbocycles. The first-order valence-corrected chi connectivity index (χ1v) is 4.71. The van der Waals surface area contributed by atoms with Crippen LogP contribution in [0.1, 0.15) is 18.9 Å². The van der Waals surface area contributed by atoms with Crippen LogP contribution in [0.15, 0.2) is 18.2 Å². The molecular formula is C11H13F2NO. The van der Waals surface area contributed by atoms with Gasteiger partial charge in [-0.3, -0.25) is 4.79 Å². The average Bonchev–Trinajstić information content (AvgIpc) is 2.23. The van der Waals surface area contributed by atoms with E-state index in [4.69, 9.17) is 1.41 Å². The Bertz CT molecular complexity index is 364. The number of carbonyl (C=O) groups is 1. The molecule has 0 heterocycles. The molecule has 0 aromatic heterocycles. The zero-order valence-corrected chi connectivity index (χ0v) is 8.39. The Morgan fingerprint density at radius 3 is 2.53 bits per heavy atom. The molecule has 0 amide bonds. The van der Waals surface area contributed by atoms with Crippen LogP contribution in [0, 0.1) is 11.6 Å². The summed E-state index contributed by atoms with van der Waals surface area (Å²) < 4.78 is 32.7. The third kappa shape index (κ3) is 3.40. The summed E-state index contributed by atoms with van der Waals surface area (Å²) in [6.45, 7) is 1.68. The van der Waals surface area contributed by atoms with E-state index in [0.29, 0.717) is 5.56 Å². The first-order valence-electron chi connectivity index (χ1n) is 5.21. The van der Waals surface area contributed by atoms with Crippen molar-refractivity contribution in [2.24, 2.45) is 5.73 Å². The van der Waals surface area contributed by atoms with Crippen molar-refractivity contribution in [2.45, 2.75) is 25.8 Å². The number of nitrogens with two attached hydrogens (primary N) is 1. The lowest BCUT2D eigenvalue weighted by Gasteiger charge is -2.09. The van der Waals surface area contributed by atoms with E-state index >= 15 is 0 Å². The fourth-order valence-corrected chi connectivity index (χ4v) is 1.32. The second kappa shape index (κ2) is 4.98. The van der Waals surface area contributed by atoms with Gasteiger partial charge in [0.05, 0.1) is 6.04 Å². The number of hydrogen-bond donors (Lipinski definition) is 1. The molecule has 0 aliphatic rings. The summed E-state index contributed by atoms with van der Waals surface area (Å²) in [5.41, 5.74) is 2.46. The van der Waals surface area contributed by atoms with E-state index < -0.39 is 17.7 Å². The summed E-state index contributed by atoms with van der Waals surface area (Å²) in [6, 6.07) is 2.38. The van der Waals surface area contributed by atoms with E-state index in [1.807, 2.05) is 0 Å². The minimum absolute atomic E-state index is 0.116. The molecule has 0 fully saturated rings. The minimum Gasteiger partial charge on any atom is -0.321 e. The lowest BCUT2D eigenvalue weighted by Crippen LogP contribution is -2.32. The molecule has 2 N–H and O–H groups in total.